The minimum absolute atomic E-state index is 0.173. The quantitative estimate of drug-likeness (QED) is 0.794. The maximum atomic E-state index is 13.7. The minimum atomic E-state index is -0.768. The SMILES string of the molecule is CC(C)N(CCCC(=O)O)C(C)Cc1ccccc1F. The Kier molecular flexibility index (Phi) is 6.65. The second kappa shape index (κ2) is 8.00. The Hall–Kier alpha value is -1.42. The second-order valence-corrected chi connectivity index (χ2v) is 5.47. The summed E-state index contributed by atoms with van der Waals surface area (Å²) in [6, 6.07) is 7.31. The second-order valence-electron chi connectivity index (χ2n) is 5.47. The van der Waals surface area contributed by atoms with E-state index in [1.165, 1.54) is 6.07 Å². The highest BCUT2D eigenvalue weighted by Gasteiger charge is 2.18. The fourth-order valence-electron chi connectivity index (χ4n) is 2.50. The third-order valence-electron chi connectivity index (χ3n) is 3.51. The fourth-order valence-corrected chi connectivity index (χ4v) is 2.50. The summed E-state index contributed by atoms with van der Waals surface area (Å²) in [6.45, 7) is 6.95. The monoisotopic (exact) mass is 281 g/mol. The van der Waals surface area contributed by atoms with Gasteiger partial charge < -0.3 is 5.11 Å². The van der Waals surface area contributed by atoms with E-state index < -0.39 is 5.97 Å². The van der Waals surface area contributed by atoms with Gasteiger partial charge in [0.25, 0.3) is 0 Å². The Morgan fingerprint density at radius 3 is 2.50 bits per heavy atom. The zero-order valence-electron chi connectivity index (χ0n) is 12.5. The molecule has 0 saturated heterocycles. The maximum Gasteiger partial charge on any atom is 0.303 e. The average Bonchev–Trinajstić information content (AvgIpc) is 2.36. The van der Waals surface area contributed by atoms with Gasteiger partial charge in [0.15, 0.2) is 0 Å². The first-order valence-electron chi connectivity index (χ1n) is 7.12. The van der Waals surface area contributed by atoms with Gasteiger partial charge in [0.1, 0.15) is 5.82 Å². The molecule has 0 bridgehead atoms. The van der Waals surface area contributed by atoms with Gasteiger partial charge in [-0.15, -0.1) is 0 Å². The summed E-state index contributed by atoms with van der Waals surface area (Å²) in [5, 5.41) is 8.71. The summed E-state index contributed by atoms with van der Waals surface area (Å²) in [4.78, 5) is 12.8. The molecule has 0 aromatic heterocycles. The lowest BCUT2D eigenvalue weighted by molar-refractivity contribution is -0.137. The summed E-state index contributed by atoms with van der Waals surface area (Å²) in [7, 11) is 0. The van der Waals surface area contributed by atoms with Gasteiger partial charge in [-0.1, -0.05) is 18.2 Å². The van der Waals surface area contributed by atoms with Crippen molar-refractivity contribution in [2.75, 3.05) is 6.54 Å². The number of hydrogen-bond acceptors (Lipinski definition) is 2. The van der Waals surface area contributed by atoms with Gasteiger partial charge >= 0.3 is 5.97 Å². The highest BCUT2D eigenvalue weighted by Crippen LogP contribution is 2.15. The number of carbonyl (C=O) groups is 1. The van der Waals surface area contributed by atoms with Crippen molar-refractivity contribution in [2.45, 2.75) is 52.1 Å². The van der Waals surface area contributed by atoms with E-state index >= 15 is 0 Å². The molecule has 1 N–H and O–H groups in total. The van der Waals surface area contributed by atoms with E-state index in [1.807, 2.05) is 12.1 Å². The van der Waals surface area contributed by atoms with Crippen LogP contribution in [0.5, 0.6) is 0 Å². The Morgan fingerprint density at radius 2 is 1.95 bits per heavy atom. The molecule has 0 saturated carbocycles. The van der Waals surface area contributed by atoms with Gasteiger partial charge in [0, 0.05) is 18.5 Å². The van der Waals surface area contributed by atoms with Gasteiger partial charge in [-0.25, -0.2) is 4.39 Å². The number of carboxylic acids is 1. The third-order valence-corrected chi connectivity index (χ3v) is 3.51. The molecule has 20 heavy (non-hydrogen) atoms. The van der Waals surface area contributed by atoms with Gasteiger partial charge in [-0.05, 0) is 51.8 Å². The van der Waals surface area contributed by atoms with Crippen molar-refractivity contribution < 1.29 is 14.3 Å². The van der Waals surface area contributed by atoms with E-state index in [1.54, 1.807) is 6.07 Å². The Bertz CT molecular complexity index is 434. The van der Waals surface area contributed by atoms with E-state index in [0.29, 0.717) is 24.4 Å². The van der Waals surface area contributed by atoms with Crippen LogP contribution in [0, 0.1) is 5.82 Å². The molecule has 1 aromatic carbocycles. The van der Waals surface area contributed by atoms with E-state index in [0.717, 1.165) is 6.54 Å². The number of nitrogens with zero attached hydrogens (tertiary/aromatic N) is 1. The van der Waals surface area contributed by atoms with Crippen molar-refractivity contribution in [1.29, 1.82) is 0 Å². The standard InChI is InChI=1S/C16H24FNO2/c1-12(2)18(10-6-9-16(19)20)13(3)11-14-7-4-5-8-15(14)17/h4-5,7-8,12-13H,6,9-11H2,1-3H3,(H,19,20). The van der Waals surface area contributed by atoms with Crippen LogP contribution in [0.1, 0.15) is 39.2 Å². The number of hydrogen-bond donors (Lipinski definition) is 1. The predicted molar refractivity (Wildman–Crippen MR) is 78.3 cm³/mol. The van der Waals surface area contributed by atoms with Crippen LogP contribution in [0.4, 0.5) is 4.39 Å². The summed E-state index contributed by atoms with van der Waals surface area (Å²) in [5.74, 6) is -0.941. The molecule has 0 radical (unpaired) electrons. The molecule has 0 aliphatic carbocycles. The van der Waals surface area contributed by atoms with Crippen molar-refractivity contribution in [1.82, 2.24) is 4.90 Å². The van der Waals surface area contributed by atoms with E-state index in [9.17, 15) is 9.18 Å². The van der Waals surface area contributed by atoms with Crippen LogP contribution in [0.25, 0.3) is 0 Å². The summed E-state index contributed by atoms with van der Waals surface area (Å²) < 4.78 is 13.7. The highest BCUT2D eigenvalue weighted by molar-refractivity contribution is 5.66. The maximum absolute atomic E-state index is 13.7. The molecule has 0 heterocycles. The molecule has 1 unspecified atom stereocenters. The number of aliphatic carboxylic acids is 1. The Morgan fingerprint density at radius 1 is 1.30 bits per heavy atom. The fraction of sp³-hybridized carbons (Fsp3) is 0.562. The predicted octanol–water partition coefficient (Wildman–Crippen LogP) is 3.33. The first kappa shape index (κ1) is 16.6. The molecular formula is C16H24FNO2. The molecule has 3 nitrogen and oxygen atoms in total. The number of benzene rings is 1. The van der Waals surface area contributed by atoms with Crippen molar-refractivity contribution in [3.05, 3.63) is 35.6 Å². The molecular weight excluding hydrogens is 257 g/mol. The van der Waals surface area contributed by atoms with Crippen LogP contribution in [0.3, 0.4) is 0 Å². The normalized spacial score (nSPS) is 12.9. The minimum Gasteiger partial charge on any atom is -0.481 e. The molecule has 1 aromatic rings. The van der Waals surface area contributed by atoms with Crippen LogP contribution >= 0.6 is 0 Å². The first-order chi connectivity index (χ1) is 9.41. The van der Waals surface area contributed by atoms with Crippen LogP contribution in [0.15, 0.2) is 24.3 Å². The molecule has 0 aliphatic rings. The Balaban J connectivity index is 2.62. The lowest BCUT2D eigenvalue weighted by atomic mass is 10.0. The van der Waals surface area contributed by atoms with Crippen molar-refractivity contribution in [2.24, 2.45) is 0 Å². The van der Waals surface area contributed by atoms with Crippen LogP contribution in [-0.4, -0.2) is 34.6 Å². The lowest BCUT2D eigenvalue weighted by Gasteiger charge is -2.33. The molecule has 0 amide bonds. The lowest BCUT2D eigenvalue weighted by Crippen LogP contribution is -2.40. The summed E-state index contributed by atoms with van der Waals surface area (Å²) >= 11 is 0. The molecule has 112 valence electrons. The molecule has 0 spiro atoms. The zero-order chi connectivity index (χ0) is 15.1. The molecule has 1 atom stereocenters. The third kappa shape index (κ3) is 5.29. The average molecular weight is 281 g/mol. The number of rotatable bonds is 8. The van der Waals surface area contributed by atoms with Gasteiger partial charge in [-0.2, -0.15) is 0 Å². The van der Waals surface area contributed by atoms with Crippen LogP contribution in [0.2, 0.25) is 0 Å². The van der Waals surface area contributed by atoms with Crippen LogP contribution in [-0.2, 0) is 11.2 Å². The molecule has 4 heteroatoms. The van der Waals surface area contributed by atoms with Crippen molar-refractivity contribution >= 4 is 5.97 Å². The van der Waals surface area contributed by atoms with E-state index in [4.69, 9.17) is 5.11 Å². The Labute approximate surface area is 120 Å². The molecule has 1 rings (SSSR count). The largest absolute Gasteiger partial charge is 0.481 e. The number of carboxylic acid groups (broad SMARTS) is 1. The molecule has 0 fully saturated rings. The van der Waals surface area contributed by atoms with E-state index in [-0.39, 0.29) is 18.3 Å². The van der Waals surface area contributed by atoms with Crippen molar-refractivity contribution in [3.8, 4) is 0 Å². The zero-order valence-corrected chi connectivity index (χ0v) is 12.5. The summed E-state index contributed by atoms with van der Waals surface area (Å²) in [6.07, 6.45) is 1.43. The van der Waals surface area contributed by atoms with Crippen LogP contribution < -0.4 is 0 Å². The highest BCUT2D eigenvalue weighted by atomic mass is 19.1. The smallest absolute Gasteiger partial charge is 0.303 e. The summed E-state index contributed by atoms with van der Waals surface area (Å²) in [5.41, 5.74) is 0.712. The van der Waals surface area contributed by atoms with Gasteiger partial charge in [0.2, 0.25) is 0 Å². The number of halogens is 1. The van der Waals surface area contributed by atoms with E-state index in [2.05, 4.69) is 25.7 Å². The van der Waals surface area contributed by atoms with Gasteiger partial charge in [0.05, 0.1) is 0 Å². The molecule has 0 aliphatic heterocycles. The first-order valence-corrected chi connectivity index (χ1v) is 7.12. The van der Waals surface area contributed by atoms with Gasteiger partial charge in [-0.3, -0.25) is 9.69 Å². The van der Waals surface area contributed by atoms with Crippen molar-refractivity contribution in [3.63, 3.8) is 0 Å². The topological polar surface area (TPSA) is 40.5 Å².